The fraction of sp³-hybridized carbons (Fsp3) is 0.300. The van der Waals surface area contributed by atoms with E-state index in [2.05, 4.69) is 15.0 Å². The molecule has 1 saturated carbocycles. The maximum atomic E-state index is 13.9. The van der Waals surface area contributed by atoms with Gasteiger partial charge >= 0.3 is 6.18 Å². The molecule has 1 aliphatic rings. The monoisotopic (exact) mass is 441 g/mol. The molecule has 158 valence electrons. The number of nitrogens with one attached hydrogen (secondary N) is 1. The number of aromatic nitrogens is 3. The van der Waals surface area contributed by atoms with Crippen molar-refractivity contribution in [1.29, 1.82) is 0 Å². The van der Waals surface area contributed by atoms with Gasteiger partial charge in [0.15, 0.2) is 0 Å². The van der Waals surface area contributed by atoms with Crippen LogP contribution in [-0.2, 0) is 12.8 Å². The van der Waals surface area contributed by atoms with E-state index >= 15 is 0 Å². The van der Waals surface area contributed by atoms with Crippen LogP contribution in [0.15, 0.2) is 30.5 Å². The molecule has 1 N–H and O–H groups in total. The number of hydrogen-bond donors (Lipinski definition) is 1. The first kappa shape index (κ1) is 20.5. The normalized spacial score (nSPS) is 14.1. The minimum Gasteiger partial charge on any atom is -0.496 e. The van der Waals surface area contributed by atoms with Gasteiger partial charge in [0, 0.05) is 23.7 Å². The predicted molar refractivity (Wildman–Crippen MR) is 101 cm³/mol. The van der Waals surface area contributed by atoms with Gasteiger partial charge in [-0.25, -0.2) is 9.37 Å². The van der Waals surface area contributed by atoms with Crippen molar-refractivity contribution in [2.75, 3.05) is 7.11 Å². The molecule has 3 aromatic rings. The maximum absolute atomic E-state index is 13.9. The third-order valence-electron chi connectivity index (χ3n) is 4.69. The Bertz CT molecular complexity index is 1080. The summed E-state index contributed by atoms with van der Waals surface area (Å²) in [7, 11) is 1.47. The van der Waals surface area contributed by atoms with E-state index < -0.39 is 17.6 Å². The summed E-state index contributed by atoms with van der Waals surface area (Å²) in [4.78, 5) is 11.2. The van der Waals surface area contributed by atoms with Gasteiger partial charge in [0.1, 0.15) is 46.3 Å². The highest BCUT2D eigenvalue weighted by Gasteiger charge is 2.32. The molecule has 0 atom stereocenters. The Hall–Kier alpha value is -2.81. The summed E-state index contributed by atoms with van der Waals surface area (Å²) in [5.41, 5.74) is -0.194. The second kappa shape index (κ2) is 7.79. The number of H-pyrrole nitrogens is 1. The van der Waals surface area contributed by atoms with E-state index in [1.165, 1.54) is 7.11 Å². The number of nitrogens with zero attached hydrogens (tertiary/aromatic N) is 2. The summed E-state index contributed by atoms with van der Waals surface area (Å²) < 4.78 is 62.7. The predicted octanol–water partition coefficient (Wildman–Crippen LogP) is 5.75. The molecule has 0 spiro atoms. The molecule has 0 saturated heterocycles. The van der Waals surface area contributed by atoms with E-state index in [1.807, 2.05) is 0 Å². The Morgan fingerprint density at radius 1 is 1.23 bits per heavy atom. The average Bonchev–Trinajstić information content (AvgIpc) is 3.48. The van der Waals surface area contributed by atoms with Crippen molar-refractivity contribution in [2.45, 2.75) is 31.5 Å². The molecule has 4 rings (SSSR count). The molecular formula is C20H16ClF4N3O2. The van der Waals surface area contributed by atoms with Crippen molar-refractivity contribution in [3.63, 3.8) is 0 Å². The molecule has 30 heavy (non-hydrogen) atoms. The van der Waals surface area contributed by atoms with Crippen molar-refractivity contribution in [2.24, 2.45) is 0 Å². The minimum atomic E-state index is -4.66. The molecule has 0 aliphatic heterocycles. The van der Waals surface area contributed by atoms with Crippen LogP contribution in [0.3, 0.4) is 0 Å². The second-order valence-electron chi connectivity index (χ2n) is 6.86. The van der Waals surface area contributed by atoms with Crippen LogP contribution >= 0.6 is 11.6 Å². The van der Waals surface area contributed by atoms with E-state index in [-0.39, 0.29) is 12.3 Å². The van der Waals surface area contributed by atoms with Crippen LogP contribution in [0.25, 0.3) is 11.3 Å². The SMILES string of the molecule is COc1cc(OCc2ncc(C(F)(F)F)cc2F)ccc1-c1nc(C2CC2)[nH]c1Cl. The minimum absolute atomic E-state index is 0.240. The lowest BCUT2D eigenvalue weighted by Gasteiger charge is -2.12. The van der Waals surface area contributed by atoms with Gasteiger partial charge in [-0.1, -0.05) is 11.6 Å². The summed E-state index contributed by atoms with van der Waals surface area (Å²) in [5.74, 6) is 0.899. The second-order valence-corrected chi connectivity index (χ2v) is 7.24. The van der Waals surface area contributed by atoms with Gasteiger partial charge in [0.25, 0.3) is 0 Å². The van der Waals surface area contributed by atoms with Gasteiger partial charge in [-0.05, 0) is 31.0 Å². The van der Waals surface area contributed by atoms with Gasteiger partial charge in [-0.3, -0.25) is 4.98 Å². The quantitative estimate of drug-likeness (QED) is 0.495. The zero-order valence-electron chi connectivity index (χ0n) is 15.7. The smallest absolute Gasteiger partial charge is 0.417 e. The number of halogens is 5. The Kier molecular flexibility index (Phi) is 5.31. The maximum Gasteiger partial charge on any atom is 0.417 e. The van der Waals surface area contributed by atoms with Gasteiger partial charge in [-0.15, -0.1) is 0 Å². The molecule has 5 nitrogen and oxygen atoms in total. The zero-order valence-corrected chi connectivity index (χ0v) is 16.4. The number of benzene rings is 1. The van der Waals surface area contributed by atoms with E-state index in [1.54, 1.807) is 18.2 Å². The van der Waals surface area contributed by atoms with E-state index in [9.17, 15) is 17.6 Å². The van der Waals surface area contributed by atoms with E-state index in [0.717, 1.165) is 18.7 Å². The number of methoxy groups -OCH3 is 1. The van der Waals surface area contributed by atoms with Gasteiger partial charge in [-0.2, -0.15) is 13.2 Å². The van der Waals surface area contributed by atoms with Crippen molar-refractivity contribution in [1.82, 2.24) is 15.0 Å². The van der Waals surface area contributed by atoms with Crippen molar-refractivity contribution >= 4 is 11.6 Å². The van der Waals surface area contributed by atoms with Crippen molar-refractivity contribution < 1.29 is 27.0 Å². The summed E-state index contributed by atoms with van der Waals surface area (Å²) in [6, 6.07) is 5.27. The molecule has 10 heteroatoms. The topological polar surface area (TPSA) is 60.0 Å². The lowest BCUT2D eigenvalue weighted by molar-refractivity contribution is -0.138. The van der Waals surface area contributed by atoms with E-state index in [4.69, 9.17) is 21.1 Å². The molecule has 1 fully saturated rings. The van der Waals surface area contributed by atoms with Gasteiger partial charge < -0.3 is 14.5 Å². The lowest BCUT2D eigenvalue weighted by Crippen LogP contribution is -2.09. The zero-order chi connectivity index (χ0) is 21.5. The van der Waals surface area contributed by atoms with Crippen LogP contribution in [0, 0.1) is 5.82 Å². The Balaban J connectivity index is 1.52. The highest BCUT2D eigenvalue weighted by Crippen LogP contribution is 2.42. The fourth-order valence-corrected chi connectivity index (χ4v) is 3.17. The largest absolute Gasteiger partial charge is 0.496 e. The first-order valence-electron chi connectivity index (χ1n) is 9.04. The van der Waals surface area contributed by atoms with Crippen LogP contribution < -0.4 is 9.47 Å². The van der Waals surface area contributed by atoms with Gasteiger partial charge in [0.05, 0.1) is 12.7 Å². The summed E-state index contributed by atoms with van der Waals surface area (Å²) >= 11 is 6.29. The number of ether oxygens (including phenoxy) is 2. The molecule has 1 aromatic carbocycles. The number of imidazole rings is 1. The molecule has 0 amide bonds. The molecule has 1 aliphatic carbocycles. The Morgan fingerprint density at radius 3 is 2.63 bits per heavy atom. The van der Waals surface area contributed by atoms with Crippen LogP contribution in [0.5, 0.6) is 11.5 Å². The number of rotatable bonds is 6. The Morgan fingerprint density at radius 2 is 2.00 bits per heavy atom. The summed E-state index contributed by atoms with van der Waals surface area (Å²) in [6.07, 6.45) is -1.95. The van der Waals surface area contributed by atoms with Gasteiger partial charge in [0.2, 0.25) is 0 Å². The Labute approximate surface area is 174 Å². The first-order valence-corrected chi connectivity index (χ1v) is 9.42. The molecule has 0 unspecified atom stereocenters. The highest BCUT2D eigenvalue weighted by atomic mass is 35.5. The third kappa shape index (κ3) is 4.21. The van der Waals surface area contributed by atoms with E-state index in [0.29, 0.717) is 46.1 Å². The van der Waals surface area contributed by atoms with Crippen LogP contribution in [0.4, 0.5) is 17.6 Å². The summed E-state index contributed by atoms with van der Waals surface area (Å²) in [5, 5.41) is 0.403. The standard InChI is InChI=1S/C20H16ClF4N3O2/c1-29-16-7-12(30-9-15-14(22)6-11(8-26-15)20(23,24)25)4-5-13(16)17-18(21)28-19(27-17)10-2-3-10/h4-8,10H,2-3,9H2,1H3,(H,27,28). The van der Waals surface area contributed by atoms with Crippen molar-refractivity contribution in [3.05, 3.63) is 58.5 Å². The van der Waals surface area contributed by atoms with Crippen LogP contribution in [0.2, 0.25) is 5.15 Å². The van der Waals surface area contributed by atoms with Crippen LogP contribution in [-0.4, -0.2) is 22.1 Å². The number of aromatic amines is 1. The lowest BCUT2D eigenvalue weighted by atomic mass is 10.1. The van der Waals surface area contributed by atoms with Crippen LogP contribution in [0.1, 0.15) is 35.8 Å². The molecule has 2 heterocycles. The number of pyridine rings is 1. The molecule has 0 radical (unpaired) electrons. The number of alkyl halides is 3. The van der Waals surface area contributed by atoms with Crippen molar-refractivity contribution in [3.8, 4) is 22.8 Å². The molecule has 2 aromatic heterocycles. The molecular weight excluding hydrogens is 426 g/mol. The first-order chi connectivity index (χ1) is 14.3. The average molecular weight is 442 g/mol. The molecule has 0 bridgehead atoms. The summed E-state index contributed by atoms with van der Waals surface area (Å²) in [6.45, 7) is -0.346. The fourth-order valence-electron chi connectivity index (χ4n) is 2.93. The third-order valence-corrected chi connectivity index (χ3v) is 4.96. The number of hydrogen-bond acceptors (Lipinski definition) is 4. The highest BCUT2D eigenvalue weighted by molar-refractivity contribution is 6.32.